The number of ether oxygens (including phenoxy) is 2. The smallest absolute Gasteiger partial charge is 0.336 e. The second-order valence-electron chi connectivity index (χ2n) is 9.21. The normalized spacial score (nSPS) is 38.3. The number of carbonyl (C=O) groups excluding carboxylic acids is 1. The Kier molecular flexibility index (Phi) is 5.93. The number of fused-ring (bicyclic) bond motifs is 1. The van der Waals surface area contributed by atoms with Crippen LogP contribution in [0, 0.1) is 22.7 Å². The molecule has 0 N–H and O–H groups in total. The zero-order chi connectivity index (χ0) is 18.9. The number of cyclic esters (lactones) is 1. The zero-order valence-electron chi connectivity index (χ0n) is 16.8. The van der Waals surface area contributed by atoms with Crippen LogP contribution in [0.3, 0.4) is 0 Å². The third-order valence-electron chi connectivity index (χ3n) is 7.23. The predicted octanol–water partition coefficient (Wildman–Crippen LogP) is 5.36. The highest BCUT2D eigenvalue weighted by molar-refractivity contribution is 7.98. The van der Waals surface area contributed by atoms with E-state index in [1.54, 1.807) is 11.8 Å². The van der Waals surface area contributed by atoms with Crippen LogP contribution in [0.25, 0.3) is 0 Å². The monoisotopic (exact) mass is 378 g/mol. The number of hydrogen-bond donors (Lipinski definition) is 0. The van der Waals surface area contributed by atoms with Crippen molar-refractivity contribution in [1.29, 1.82) is 0 Å². The van der Waals surface area contributed by atoms with E-state index in [4.69, 9.17) is 9.47 Å². The molecule has 4 heteroatoms. The molecule has 1 heterocycles. The summed E-state index contributed by atoms with van der Waals surface area (Å²) in [5.74, 6) is 1.56. The van der Waals surface area contributed by atoms with E-state index >= 15 is 0 Å². The minimum absolute atomic E-state index is 0.205. The van der Waals surface area contributed by atoms with E-state index in [1.165, 1.54) is 31.3 Å². The lowest BCUT2D eigenvalue weighted by Crippen LogP contribution is -2.49. The lowest BCUT2D eigenvalue weighted by molar-refractivity contribution is -0.135. The van der Waals surface area contributed by atoms with Gasteiger partial charge < -0.3 is 9.47 Å². The Balaban J connectivity index is 1.80. The molecule has 0 amide bonds. The largest absolute Gasteiger partial charge is 0.459 e. The van der Waals surface area contributed by atoms with Gasteiger partial charge in [-0.05, 0) is 61.0 Å². The fourth-order valence-corrected chi connectivity index (χ4v) is 6.21. The van der Waals surface area contributed by atoms with E-state index < -0.39 is 0 Å². The molecular formula is C22H34O3S. The molecule has 146 valence electrons. The van der Waals surface area contributed by atoms with Gasteiger partial charge in [-0.2, -0.15) is 0 Å². The second-order valence-corrected chi connectivity index (χ2v) is 10.0. The first-order valence-electron chi connectivity index (χ1n) is 9.95. The summed E-state index contributed by atoms with van der Waals surface area (Å²) in [5, 5.41) is 0. The van der Waals surface area contributed by atoms with Gasteiger partial charge in [0.2, 0.25) is 0 Å². The van der Waals surface area contributed by atoms with E-state index in [9.17, 15) is 4.79 Å². The number of rotatable bonds is 5. The maximum atomic E-state index is 12.2. The summed E-state index contributed by atoms with van der Waals surface area (Å²) in [4.78, 5) is 12.2. The predicted molar refractivity (Wildman–Crippen MR) is 108 cm³/mol. The molecule has 3 aliphatic rings. The minimum Gasteiger partial charge on any atom is -0.459 e. The first kappa shape index (κ1) is 20.0. The van der Waals surface area contributed by atoms with Gasteiger partial charge in [0, 0.05) is 0 Å². The summed E-state index contributed by atoms with van der Waals surface area (Å²) < 4.78 is 11.0. The third kappa shape index (κ3) is 3.64. The van der Waals surface area contributed by atoms with Crippen molar-refractivity contribution >= 4 is 17.7 Å². The molecule has 1 saturated heterocycles. The van der Waals surface area contributed by atoms with Crippen molar-refractivity contribution in [2.24, 2.45) is 22.7 Å². The van der Waals surface area contributed by atoms with Gasteiger partial charge in [0.1, 0.15) is 12.7 Å². The number of carbonyl (C=O) groups is 1. The molecular weight excluding hydrogens is 344 g/mol. The number of thioether (sulfide) groups is 1. The number of esters is 1. The van der Waals surface area contributed by atoms with Crippen LogP contribution >= 0.6 is 11.8 Å². The molecule has 3 nitrogen and oxygen atoms in total. The first-order chi connectivity index (χ1) is 12.3. The SMILES string of the molecule is C=C1CCC2C(C)(C)CCCC2(C)C1CC=C1C(=O)OCC1OCSC. The van der Waals surface area contributed by atoms with Gasteiger partial charge in [0.25, 0.3) is 0 Å². The van der Waals surface area contributed by atoms with E-state index in [2.05, 4.69) is 33.4 Å². The Bertz CT molecular complexity index is 594. The molecule has 0 aromatic carbocycles. The molecule has 26 heavy (non-hydrogen) atoms. The standard InChI is InChI=1S/C22H34O3S/c1-15-7-10-19-21(2,3)11-6-12-22(19,4)17(15)9-8-16-18(25-14-26-5)13-24-20(16)23/h8,17-19H,1,6-7,9-14H2,2-5H3. The van der Waals surface area contributed by atoms with Gasteiger partial charge in [0.05, 0.1) is 11.5 Å². The first-order valence-corrected chi connectivity index (χ1v) is 11.3. The van der Waals surface area contributed by atoms with Crippen LogP contribution in [0.15, 0.2) is 23.8 Å². The molecule has 2 saturated carbocycles. The summed E-state index contributed by atoms with van der Waals surface area (Å²) in [6.45, 7) is 12.1. The van der Waals surface area contributed by atoms with Gasteiger partial charge >= 0.3 is 5.97 Å². The fourth-order valence-electron chi connectivity index (χ4n) is 5.91. The van der Waals surface area contributed by atoms with Crippen LogP contribution in [0.4, 0.5) is 0 Å². The van der Waals surface area contributed by atoms with Crippen LogP contribution in [0.5, 0.6) is 0 Å². The molecule has 1 aliphatic heterocycles. The van der Waals surface area contributed by atoms with E-state index in [0.717, 1.165) is 18.8 Å². The average Bonchev–Trinajstić information content (AvgIpc) is 2.91. The lowest BCUT2D eigenvalue weighted by Gasteiger charge is -2.58. The third-order valence-corrected chi connectivity index (χ3v) is 7.60. The molecule has 0 aromatic heterocycles. The van der Waals surface area contributed by atoms with Crippen LogP contribution in [0.2, 0.25) is 0 Å². The molecule has 2 aliphatic carbocycles. The topological polar surface area (TPSA) is 35.5 Å². The van der Waals surface area contributed by atoms with E-state index in [1.807, 2.05) is 6.26 Å². The zero-order valence-corrected chi connectivity index (χ0v) is 17.6. The van der Waals surface area contributed by atoms with Crippen LogP contribution in [-0.2, 0) is 14.3 Å². The lowest BCUT2D eigenvalue weighted by atomic mass is 9.47. The molecule has 3 rings (SSSR count). The van der Waals surface area contributed by atoms with Gasteiger partial charge in [-0.15, -0.1) is 11.8 Å². The van der Waals surface area contributed by atoms with Crippen molar-refractivity contribution in [3.8, 4) is 0 Å². The highest BCUT2D eigenvalue weighted by Crippen LogP contribution is 2.61. The van der Waals surface area contributed by atoms with E-state index in [-0.39, 0.29) is 17.5 Å². The van der Waals surface area contributed by atoms with Crippen molar-refractivity contribution in [2.75, 3.05) is 18.8 Å². The number of allylic oxidation sites excluding steroid dienone is 2. The maximum absolute atomic E-state index is 12.2. The summed E-state index contributed by atoms with van der Waals surface area (Å²) in [6, 6.07) is 0. The molecule has 0 spiro atoms. The molecule has 4 unspecified atom stereocenters. The molecule has 0 aromatic rings. The van der Waals surface area contributed by atoms with Crippen LogP contribution < -0.4 is 0 Å². The van der Waals surface area contributed by atoms with Crippen molar-refractivity contribution in [3.63, 3.8) is 0 Å². The van der Waals surface area contributed by atoms with Gasteiger partial charge in [-0.25, -0.2) is 4.79 Å². The van der Waals surface area contributed by atoms with Crippen molar-refractivity contribution in [2.45, 2.75) is 65.4 Å². The molecule has 0 bridgehead atoms. The summed E-state index contributed by atoms with van der Waals surface area (Å²) >= 11 is 1.62. The van der Waals surface area contributed by atoms with Gasteiger partial charge in [0.15, 0.2) is 0 Å². The van der Waals surface area contributed by atoms with Crippen LogP contribution in [-0.4, -0.2) is 30.9 Å². The fraction of sp³-hybridized carbons (Fsp3) is 0.773. The van der Waals surface area contributed by atoms with Crippen LogP contribution in [0.1, 0.15) is 59.3 Å². The van der Waals surface area contributed by atoms with Gasteiger partial charge in [-0.3, -0.25) is 0 Å². The quantitative estimate of drug-likeness (QED) is 0.279. The summed E-state index contributed by atoms with van der Waals surface area (Å²) in [7, 11) is 0. The molecule has 4 atom stereocenters. The maximum Gasteiger partial charge on any atom is 0.336 e. The second kappa shape index (κ2) is 7.71. The summed E-state index contributed by atoms with van der Waals surface area (Å²) in [6.07, 6.45) is 11.0. The van der Waals surface area contributed by atoms with Crippen molar-refractivity contribution in [3.05, 3.63) is 23.8 Å². The van der Waals surface area contributed by atoms with E-state index in [0.29, 0.717) is 29.5 Å². The Hall–Kier alpha value is -0.740. The highest BCUT2D eigenvalue weighted by atomic mass is 32.2. The molecule has 3 fully saturated rings. The van der Waals surface area contributed by atoms with Gasteiger partial charge in [-0.1, -0.05) is 45.4 Å². The highest BCUT2D eigenvalue weighted by Gasteiger charge is 2.52. The Morgan fingerprint density at radius 2 is 2.12 bits per heavy atom. The van der Waals surface area contributed by atoms with Crippen molar-refractivity contribution in [1.82, 2.24) is 0 Å². The van der Waals surface area contributed by atoms with Crippen molar-refractivity contribution < 1.29 is 14.3 Å². The molecule has 0 radical (unpaired) electrons. The Morgan fingerprint density at radius 1 is 1.35 bits per heavy atom. The number of hydrogen-bond acceptors (Lipinski definition) is 4. The minimum atomic E-state index is -0.210. The Morgan fingerprint density at radius 3 is 2.85 bits per heavy atom. The average molecular weight is 379 g/mol. The summed E-state index contributed by atoms with van der Waals surface area (Å²) in [5.41, 5.74) is 2.76. The Labute approximate surface area is 163 Å².